The summed E-state index contributed by atoms with van der Waals surface area (Å²) in [5.41, 5.74) is 0. The zero-order valence-electron chi connectivity index (χ0n) is 10.3. The predicted octanol–water partition coefficient (Wildman–Crippen LogP) is 3.35. The number of hydrogen-bond donors (Lipinski definition) is 0. The van der Waals surface area contributed by atoms with Crippen LogP contribution in [-0.4, -0.2) is 15.5 Å². The lowest BCUT2D eigenvalue weighted by molar-refractivity contribution is 0.254. The molecule has 1 aliphatic carbocycles. The number of nitrogens with zero attached hydrogens (tertiary/aromatic N) is 1. The molecule has 3 heteroatoms. The quantitative estimate of drug-likeness (QED) is 0.538. The molecule has 2 atom stereocenters. The standard InChI is InChI=1S/C12H23NOS/c1-5-10(11-7-6-8-11)9-13-15(14)12(2,3)4/h9-11H,5-8H2,1-4H3. The Morgan fingerprint density at radius 1 is 1.47 bits per heavy atom. The van der Waals surface area contributed by atoms with Gasteiger partial charge in [-0.05, 0) is 46.0 Å². The molecule has 88 valence electrons. The predicted molar refractivity (Wildman–Crippen MR) is 67.5 cm³/mol. The Labute approximate surface area is 96.9 Å². The third-order valence-corrected chi connectivity index (χ3v) is 4.46. The molecule has 0 aromatic heterocycles. The van der Waals surface area contributed by atoms with Gasteiger partial charge in [0.15, 0.2) is 0 Å². The molecule has 1 fully saturated rings. The van der Waals surface area contributed by atoms with E-state index in [4.69, 9.17) is 0 Å². The second-order valence-corrected chi connectivity index (χ2v) is 7.31. The lowest BCUT2D eigenvalue weighted by Crippen LogP contribution is -2.28. The first-order valence-electron chi connectivity index (χ1n) is 5.91. The van der Waals surface area contributed by atoms with Gasteiger partial charge in [0.1, 0.15) is 16.1 Å². The van der Waals surface area contributed by atoms with E-state index in [-0.39, 0.29) is 4.75 Å². The Morgan fingerprint density at radius 2 is 2.07 bits per heavy atom. The summed E-state index contributed by atoms with van der Waals surface area (Å²) in [4.78, 5) is 0. The van der Waals surface area contributed by atoms with E-state index in [2.05, 4.69) is 11.3 Å². The summed E-state index contributed by atoms with van der Waals surface area (Å²) in [6, 6.07) is 0. The van der Waals surface area contributed by atoms with Crippen molar-refractivity contribution in [3.8, 4) is 0 Å². The molecule has 1 rings (SSSR count). The van der Waals surface area contributed by atoms with Crippen LogP contribution in [0.2, 0.25) is 0 Å². The molecule has 0 spiro atoms. The van der Waals surface area contributed by atoms with Crippen LogP contribution >= 0.6 is 0 Å². The van der Waals surface area contributed by atoms with Crippen LogP contribution in [0.15, 0.2) is 4.40 Å². The summed E-state index contributed by atoms with van der Waals surface area (Å²) >= 11 is -1.08. The average molecular weight is 229 g/mol. The molecule has 1 aliphatic rings. The molecule has 0 aromatic rings. The molecule has 0 bridgehead atoms. The molecule has 0 heterocycles. The van der Waals surface area contributed by atoms with Gasteiger partial charge in [-0.1, -0.05) is 17.7 Å². The van der Waals surface area contributed by atoms with Crippen molar-refractivity contribution >= 4 is 17.6 Å². The summed E-state index contributed by atoms with van der Waals surface area (Å²) in [6.07, 6.45) is 7.08. The van der Waals surface area contributed by atoms with Crippen molar-refractivity contribution in [1.29, 1.82) is 0 Å². The molecular weight excluding hydrogens is 206 g/mol. The largest absolute Gasteiger partial charge is 0.591 e. The third-order valence-electron chi connectivity index (χ3n) is 3.10. The molecule has 0 amide bonds. The van der Waals surface area contributed by atoms with Crippen molar-refractivity contribution in [2.45, 2.75) is 58.1 Å². The van der Waals surface area contributed by atoms with Crippen molar-refractivity contribution in [1.82, 2.24) is 0 Å². The average Bonchev–Trinajstić information content (AvgIpc) is 2.06. The Morgan fingerprint density at radius 3 is 2.40 bits per heavy atom. The maximum absolute atomic E-state index is 11.7. The maximum Gasteiger partial charge on any atom is 0.144 e. The minimum absolute atomic E-state index is 0.228. The van der Waals surface area contributed by atoms with E-state index >= 15 is 0 Å². The van der Waals surface area contributed by atoms with Gasteiger partial charge in [0, 0.05) is 5.92 Å². The van der Waals surface area contributed by atoms with Crippen molar-refractivity contribution in [3.63, 3.8) is 0 Å². The van der Waals surface area contributed by atoms with Crippen molar-refractivity contribution < 1.29 is 4.55 Å². The second-order valence-electron chi connectivity index (χ2n) is 5.38. The molecule has 0 N–H and O–H groups in total. The highest BCUT2D eigenvalue weighted by Gasteiger charge is 2.28. The van der Waals surface area contributed by atoms with Crippen LogP contribution < -0.4 is 0 Å². The van der Waals surface area contributed by atoms with E-state index in [0.717, 1.165) is 12.3 Å². The molecule has 15 heavy (non-hydrogen) atoms. The van der Waals surface area contributed by atoms with Gasteiger partial charge < -0.3 is 4.55 Å². The fraction of sp³-hybridized carbons (Fsp3) is 0.917. The van der Waals surface area contributed by atoms with Gasteiger partial charge in [-0.2, -0.15) is 0 Å². The zero-order chi connectivity index (χ0) is 11.5. The van der Waals surface area contributed by atoms with E-state index in [9.17, 15) is 4.55 Å². The first-order chi connectivity index (χ1) is 6.95. The smallest absolute Gasteiger partial charge is 0.144 e. The molecule has 0 aromatic carbocycles. The topological polar surface area (TPSA) is 35.4 Å². The fourth-order valence-corrected chi connectivity index (χ4v) is 2.30. The van der Waals surface area contributed by atoms with Gasteiger partial charge in [0.2, 0.25) is 0 Å². The summed E-state index contributed by atoms with van der Waals surface area (Å²) in [5, 5.41) is 0. The highest BCUT2D eigenvalue weighted by atomic mass is 32.2. The van der Waals surface area contributed by atoms with Gasteiger partial charge >= 0.3 is 0 Å². The Kier molecular flexibility index (Phi) is 4.65. The van der Waals surface area contributed by atoms with E-state index in [1.54, 1.807) is 0 Å². The van der Waals surface area contributed by atoms with Crippen LogP contribution in [0.3, 0.4) is 0 Å². The Bertz CT molecular complexity index is 218. The van der Waals surface area contributed by atoms with Gasteiger partial charge in [-0.25, -0.2) is 0 Å². The normalized spacial score (nSPS) is 22.7. The molecule has 1 saturated carbocycles. The molecule has 0 saturated heterocycles. The van der Waals surface area contributed by atoms with Crippen LogP contribution in [0.1, 0.15) is 53.4 Å². The van der Waals surface area contributed by atoms with Gasteiger partial charge in [-0.3, -0.25) is 0 Å². The third kappa shape index (κ3) is 3.80. The first kappa shape index (κ1) is 13.0. The number of hydrogen-bond acceptors (Lipinski definition) is 2. The van der Waals surface area contributed by atoms with E-state index in [1.807, 2.05) is 27.0 Å². The van der Waals surface area contributed by atoms with Crippen LogP contribution in [0.5, 0.6) is 0 Å². The van der Waals surface area contributed by atoms with Gasteiger partial charge in [-0.15, -0.1) is 0 Å². The SMILES string of the molecule is CCC(C=N[S+]([O-])C(C)(C)C)C1CCC1. The second kappa shape index (κ2) is 5.35. The summed E-state index contributed by atoms with van der Waals surface area (Å²) in [6.45, 7) is 8.08. The molecule has 2 unspecified atom stereocenters. The molecular formula is C12H23NOS. The molecule has 0 radical (unpaired) electrons. The first-order valence-corrected chi connectivity index (χ1v) is 7.02. The monoisotopic (exact) mass is 229 g/mol. The summed E-state index contributed by atoms with van der Waals surface area (Å²) in [5.74, 6) is 1.35. The van der Waals surface area contributed by atoms with Gasteiger partial charge in [0.05, 0.1) is 6.21 Å². The van der Waals surface area contributed by atoms with E-state index < -0.39 is 11.4 Å². The zero-order valence-corrected chi connectivity index (χ0v) is 11.1. The van der Waals surface area contributed by atoms with E-state index in [1.165, 1.54) is 19.3 Å². The fourth-order valence-electron chi connectivity index (χ4n) is 1.72. The van der Waals surface area contributed by atoms with Crippen molar-refractivity contribution in [2.75, 3.05) is 0 Å². The molecule has 0 aliphatic heterocycles. The highest BCUT2D eigenvalue weighted by Crippen LogP contribution is 2.34. The minimum atomic E-state index is -1.08. The highest BCUT2D eigenvalue weighted by molar-refractivity contribution is 7.91. The van der Waals surface area contributed by atoms with Crippen LogP contribution in [-0.2, 0) is 11.4 Å². The summed E-state index contributed by atoms with van der Waals surface area (Å²) in [7, 11) is 0. The lowest BCUT2D eigenvalue weighted by Gasteiger charge is -2.30. The Balaban J connectivity index is 2.46. The number of rotatable bonds is 4. The van der Waals surface area contributed by atoms with Crippen LogP contribution in [0, 0.1) is 11.8 Å². The van der Waals surface area contributed by atoms with Crippen molar-refractivity contribution in [2.24, 2.45) is 16.2 Å². The van der Waals surface area contributed by atoms with Crippen molar-refractivity contribution in [3.05, 3.63) is 0 Å². The van der Waals surface area contributed by atoms with Crippen LogP contribution in [0.25, 0.3) is 0 Å². The lowest BCUT2D eigenvalue weighted by atomic mass is 9.75. The minimum Gasteiger partial charge on any atom is -0.591 e. The Hall–Kier alpha value is -0.0200. The summed E-state index contributed by atoms with van der Waals surface area (Å²) < 4.78 is 15.7. The van der Waals surface area contributed by atoms with Gasteiger partial charge in [0.25, 0.3) is 0 Å². The molecule has 2 nitrogen and oxygen atoms in total. The van der Waals surface area contributed by atoms with E-state index in [0.29, 0.717) is 5.92 Å². The maximum atomic E-state index is 11.7. The van der Waals surface area contributed by atoms with Crippen LogP contribution in [0.4, 0.5) is 0 Å².